The number of thiocyanates is 1. The van der Waals surface area contributed by atoms with E-state index < -0.39 is 0 Å². The van der Waals surface area contributed by atoms with Crippen LogP contribution in [-0.4, -0.2) is 12.8 Å². The highest BCUT2D eigenvalue weighted by atomic mass is 32.2. The molecule has 0 aromatic heterocycles. The number of nitriles is 1. The van der Waals surface area contributed by atoms with Gasteiger partial charge in [0.2, 0.25) is 0 Å². The molecule has 0 radical (unpaired) electrons. The zero-order valence-electron chi connectivity index (χ0n) is 6.82. The van der Waals surface area contributed by atoms with Gasteiger partial charge in [-0.15, -0.1) is 0 Å². The largest absolute Gasteiger partial charge is 0.378 e. The summed E-state index contributed by atoms with van der Waals surface area (Å²) in [5.74, 6) is 0. The van der Waals surface area contributed by atoms with E-state index in [1.54, 1.807) is 0 Å². The third-order valence-corrected chi connectivity index (χ3v) is 2.33. The fourth-order valence-electron chi connectivity index (χ4n) is 1.18. The third-order valence-electron chi connectivity index (χ3n) is 1.75. The molecule has 0 saturated heterocycles. The van der Waals surface area contributed by atoms with Crippen LogP contribution >= 0.6 is 11.8 Å². The number of aliphatic imine (C=N–C) groups is 1. The maximum Gasteiger partial charge on any atom is 0.138 e. The highest BCUT2D eigenvalue weighted by molar-refractivity contribution is 8.03. The van der Waals surface area contributed by atoms with Crippen molar-refractivity contribution in [3.05, 3.63) is 18.2 Å². The molecule has 0 fully saturated rings. The lowest BCUT2D eigenvalue weighted by Gasteiger charge is -2.11. The second kappa shape index (κ2) is 3.50. The van der Waals surface area contributed by atoms with E-state index in [1.165, 1.54) is 0 Å². The van der Waals surface area contributed by atoms with E-state index in [0.29, 0.717) is 0 Å². The number of hydrogen-bond acceptors (Lipinski definition) is 4. The molecule has 1 N–H and O–H groups in total. The van der Waals surface area contributed by atoms with Gasteiger partial charge in [-0.3, -0.25) is 4.99 Å². The number of benzene rings is 1. The Morgan fingerprint density at radius 1 is 1.54 bits per heavy atom. The van der Waals surface area contributed by atoms with Crippen LogP contribution in [0.15, 0.2) is 28.1 Å². The van der Waals surface area contributed by atoms with Crippen molar-refractivity contribution in [3.8, 4) is 5.40 Å². The Labute approximate surface area is 80.5 Å². The van der Waals surface area contributed by atoms with Crippen molar-refractivity contribution in [2.45, 2.75) is 4.90 Å². The molecule has 3 nitrogen and oxygen atoms in total. The summed E-state index contributed by atoms with van der Waals surface area (Å²) >= 11 is 1.15. The van der Waals surface area contributed by atoms with E-state index in [4.69, 9.17) is 5.26 Å². The molecule has 0 unspecified atom stereocenters. The van der Waals surface area contributed by atoms with E-state index in [2.05, 4.69) is 10.3 Å². The molecule has 1 aliphatic rings. The van der Waals surface area contributed by atoms with Crippen LogP contribution in [0.25, 0.3) is 0 Å². The first kappa shape index (κ1) is 8.14. The maximum atomic E-state index is 8.48. The maximum absolute atomic E-state index is 8.48. The van der Waals surface area contributed by atoms with Crippen molar-refractivity contribution >= 4 is 29.4 Å². The van der Waals surface area contributed by atoms with Gasteiger partial charge in [0.1, 0.15) is 5.40 Å². The topological polar surface area (TPSA) is 48.2 Å². The number of anilines is 1. The molecule has 0 spiro atoms. The van der Waals surface area contributed by atoms with Gasteiger partial charge in [-0.1, -0.05) is 0 Å². The second-order valence-electron chi connectivity index (χ2n) is 2.56. The minimum Gasteiger partial charge on any atom is -0.378 e. The van der Waals surface area contributed by atoms with Crippen LogP contribution in [0.5, 0.6) is 0 Å². The Kier molecular flexibility index (Phi) is 2.19. The number of fused-ring (bicyclic) bond motifs is 1. The van der Waals surface area contributed by atoms with Gasteiger partial charge in [-0.05, 0) is 30.0 Å². The van der Waals surface area contributed by atoms with Gasteiger partial charge in [0, 0.05) is 11.1 Å². The minimum absolute atomic E-state index is 0.776. The van der Waals surface area contributed by atoms with Crippen LogP contribution < -0.4 is 5.32 Å². The predicted octanol–water partition coefficient (Wildman–Crippen LogP) is 2.39. The molecule has 1 aliphatic heterocycles. The molecule has 2 rings (SSSR count). The van der Waals surface area contributed by atoms with E-state index in [-0.39, 0.29) is 0 Å². The van der Waals surface area contributed by atoms with Crippen molar-refractivity contribution in [1.29, 1.82) is 5.26 Å². The van der Waals surface area contributed by atoms with E-state index in [1.807, 2.05) is 29.8 Å². The average molecular weight is 189 g/mol. The summed E-state index contributed by atoms with van der Waals surface area (Å²) in [6.45, 7) is 0.776. The molecular formula is C9H7N3S. The van der Waals surface area contributed by atoms with Crippen molar-refractivity contribution < 1.29 is 0 Å². The van der Waals surface area contributed by atoms with E-state index >= 15 is 0 Å². The van der Waals surface area contributed by atoms with Crippen molar-refractivity contribution in [1.82, 2.24) is 0 Å². The quantitative estimate of drug-likeness (QED) is 0.545. The van der Waals surface area contributed by atoms with E-state index in [0.717, 1.165) is 34.6 Å². The Morgan fingerprint density at radius 3 is 3.31 bits per heavy atom. The number of nitrogens with one attached hydrogen (secondary N) is 1. The first-order valence-corrected chi connectivity index (χ1v) is 4.68. The number of hydrogen-bond donors (Lipinski definition) is 1. The normalized spacial score (nSPS) is 12.8. The summed E-state index contributed by atoms with van der Waals surface area (Å²) in [7, 11) is 0. The van der Waals surface area contributed by atoms with Gasteiger partial charge >= 0.3 is 0 Å². The predicted molar refractivity (Wildman–Crippen MR) is 54.6 cm³/mol. The standard InChI is InChI=1S/C9H7N3S/c10-6-13-7-1-2-8-9(5-7)12-4-3-11-8/h1-2,4-5,11H,3H2. The molecule has 0 saturated carbocycles. The first-order chi connectivity index (χ1) is 6.40. The second-order valence-corrected chi connectivity index (χ2v) is 3.42. The molecule has 0 amide bonds. The molecule has 4 heteroatoms. The number of thioether (sulfide) groups is 1. The lowest BCUT2D eigenvalue weighted by Crippen LogP contribution is -2.06. The summed E-state index contributed by atoms with van der Waals surface area (Å²) in [5.41, 5.74) is 1.94. The van der Waals surface area contributed by atoms with Crippen LogP contribution in [-0.2, 0) is 0 Å². The van der Waals surface area contributed by atoms with Crippen LogP contribution in [0.1, 0.15) is 0 Å². The van der Waals surface area contributed by atoms with Gasteiger partial charge in [0.15, 0.2) is 0 Å². The van der Waals surface area contributed by atoms with Gasteiger partial charge in [-0.2, -0.15) is 5.26 Å². The fourth-order valence-corrected chi connectivity index (χ4v) is 1.60. The fraction of sp³-hybridized carbons (Fsp3) is 0.111. The lowest BCUT2D eigenvalue weighted by molar-refractivity contribution is 1.30. The first-order valence-electron chi connectivity index (χ1n) is 3.86. The molecule has 0 bridgehead atoms. The van der Waals surface area contributed by atoms with E-state index in [9.17, 15) is 0 Å². The Bertz CT molecular complexity index is 392. The smallest absolute Gasteiger partial charge is 0.138 e. The SMILES string of the molecule is N#CSc1ccc2c(c1)N=CCN2. The lowest BCUT2D eigenvalue weighted by atomic mass is 10.2. The number of rotatable bonds is 1. The Morgan fingerprint density at radius 2 is 2.46 bits per heavy atom. The van der Waals surface area contributed by atoms with Crippen LogP contribution in [0, 0.1) is 10.7 Å². The highest BCUT2D eigenvalue weighted by Crippen LogP contribution is 2.31. The van der Waals surface area contributed by atoms with Gasteiger partial charge in [0.25, 0.3) is 0 Å². The van der Waals surface area contributed by atoms with Crippen LogP contribution in [0.3, 0.4) is 0 Å². The molecule has 1 heterocycles. The molecular weight excluding hydrogens is 182 g/mol. The van der Waals surface area contributed by atoms with Gasteiger partial charge in [0.05, 0.1) is 17.9 Å². The van der Waals surface area contributed by atoms with Crippen molar-refractivity contribution in [3.63, 3.8) is 0 Å². The van der Waals surface area contributed by atoms with Crippen molar-refractivity contribution in [2.24, 2.45) is 4.99 Å². The molecule has 0 aliphatic carbocycles. The van der Waals surface area contributed by atoms with Crippen molar-refractivity contribution in [2.75, 3.05) is 11.9 Å². The van der Waals surface area contributed by atoms with Crippen LogP contribution in [0.4, 0.5) is 11.4 Å². The van der Waals surface area contributed by atoms with Gasteiger partial charge < -0.3 is 5.32 Å². The molecule has 1 aromatic carbocycles. The zero-order valence-corrected chi connectivity index (χ0v) is 7.64. The molecule has 64 valence electrons. The zero-order chi connectivity index (χ0) is 9.10. The van der Waals surface area contributed by atoms with Crippen LogP contribution in [0.2, 0.25) is 0 Å². The summed E-state index contributed by atoms with van der Waals surface area (Å²) in [4.78, 5) is 5.16. The summed E-state index contributed by atoms with van der Waals surface area (Å²) in [6, 6.07) is 5.78. The monoisotopic (exact) mass is 189 g/mol. The molecule has 13 heavy (non-hydrogen) atoms. The highest BCUT2D eigenvalue weighted by Gasteiger charge is 2.05. The average Bonchev–Trinajstić information content (AvgIpc) is 2.18. The van der Waals surface area contributed by atoms with Gasteiger partial charge in [-0.25, -0.2) is 0 Å². The molecule has 1 aromatic rings. The summed E-state index contributed by atoms with van der Waals surface area (Å²) < 4.78 is 0. The molecule has 0 atom stereocenters. The number of nitrogens with zero attached hydrogens (tertiary/aromatic N) is 2. The summed E-state index contributed by atoms with van der Waals surface area (Å²) in [6.07, 6.45) is 1.82. The third kappa shape index (κ3) is 1.65. The Balaban J connectivity index is 2.38. The minimum atomic E-state index is 0.776. The Hall–Kier alpha value is -1.47. The summed E-state index contributed by atoms with van der Waals surface area (Å²) in [5, 5.41) is 13.7.